The van der Waals surface area contributed by atoms with Crippen LogP contribution in [0.2, 0.25) is 5.02 Å². The van der Waals surface area contributed by atoms with Gasteiger partial charge in [0, 0.05) is 21.7 Å². The molecule has 33 heavy (non-hydrogen) atoms. The van der Waals surface area contributed by atoms with Crippen molar-refractivity contribution in [3.05, 3.63) is 67.6 Å². The Morgan fingerprint density at radius 1 is 1.21 bits per heavy atom. The molecule has 172 valence electrons. The van der Waals surface area contributed by atoms with Crippen LogP contribution in [0.3, 0.4) is 0 Å². The van der Waals surface area contributed by atoms with Gasteiger partial charge in [0.15, 0.2) is 0 Å². The minimum Gasteiger partial charge on any atom is -0.340 e. The van der Waals surface area contributed by atoms with Gasteiger partial charge in [0.2, 0.25) is 11.0 Å². The highest BCUT2D eigenvalue weighted by Gasteiger charge is 2.28. The zero-order valence-electron chi connectivity index (χ0n) is 17.5. The lowest BCUT2D eigenvalue weighted by Crippen LogP contribution is -2.47. The van der Waals surface area contributed by atoms with Crippen LogP contribution in [0.15, 0.2) is 46.9 Å². The van der Waals surface area contributed by atoms with E-state index in [0.29, 0.717) is 16.6 Å². The summed E-state index contributed by atoms with van der Waals surface area (Å²) in [5.41, 5.74) is 0.496. The van der Waals surface area contributed by atoms with Crippen molar-refractivity contribution in [3.63, 3.8) is 0 Å². The standard InChI is InChI=1S/C21H19BrClN5O4S/c1-3-11(2)17(24-18(29)13-6-9-15(23)16(10-13)28(31)32)19(30)25-21-27-26-20(33-21)12-4-7-14(22)8-5-12/h4-11,17H,3H2,1-2H3,(H,24,29)(H,25,27,30)/t11-,17-/m0/s1. The summed E-state index contributed by atoms with van der Waals surface area (Å²) in [5, 5.41) is 25.5. The number of carbonyl (C=O) groups is 2. The van der Waals surface area contributed by atoms with Crippen LogP contribution in [0.1, 0.15) is 30.6 Å². The largest absolute Gasteiger partial charge is 0.340 e. The highest BCUT2D eigenvalue weighted by molar-refractivity contribution is 9.10. The number of benzene rings is 2. The fourth-order valence-corrected chi connectivity index (χ4v) is 4.09. The smallest absolute Gasteiger partial charge is 0.288 e. The molecular weight excluding hydrogens is 534 g/mol. The summed E-state index contributed by atoms with van der Waals surface area (Å²) in [6, 6.07) is 10.3. The van der Waals surface area contributed by atoms with Gasteiger partial charge in [-0.25, -0.2) is 0 Å². The second-order valence-electron chi connectivity index (χ2n) is 7.17. The first-order valence-corrected chi connectivity index (χ1v) is 11.8. The van der Waals surface area contributed by atoms with Crippen molar-refractivity contribution in [2.45, 2.75) is 26.3 Å². The summed E-state index contributed by atoms with van der Waals surface area (Å²) >= 11 is 10.4. The van der Waals surface area contributed by atoms with Crippen LogP contribution in [-0.4, -0.2) is 33.0 Å². The number of nitrogens with one attached hydrogen (secondary N) is 2. The first kappa shape index (κ1) is 24.7. The number of aromatic nitrogens is 2. The molecule has 2 N–H and O–H groups in total. The minimum atomic E-state index is -0.891. The molecule has 1 aromatic heterocycles. The van der Waals surface area contributed by atoms with Gasteiger partial charge in [-0.2, -0.15) is 0 Å². The van der Waals surface area contributed by atoms with Crippen LogP contribution in [0.5, 0.6) is 0 Å². The molecule has 0 aliphatic rings. The van der Waals surface area contributed by atoms with Gasteiger partial charge in [-0.3, -0.25) is 25.0 Å². The lowest BCUT2D eigenvalue weighted by molar-refractivity contribution is -0.384. The number of anilines is 1. The molecular formula is C21H19BrClN5O4S. The van der Waals surface area contributed by atoms with E-state index in [1.54, 1.807) is 0 Å². The van der Waals surface area contributed by atoms with Gasteiger partial charge in [-0.05, 0) is 30.2 Å². The summed E-state index contributed by atoms with van der Waals surface area (Å²) in [7, 11) is 0. The lowest BCUT2D eigenvalue weighted by atomic mass is 9.98. The quantitative estimate of drug-likeness (QED) is 0.288. The first-order valence-electron chi connectivity index (χ1n) is 9.84. The third-order valence-electron chi connectivity index (χ3n) is 4.93. The third kappa shape index (κ3) is 6.12. The van der Waals surface area contributed by atoms with Crippen molar-refractivity contribution in [2.75, 3.05) is 5.32 Å². The molecule has 1 heterocycles. The van der Waals surface area contributed by atoms with Gasteiger partial charge < -0.3 is 5.32 Å². The number of carbonyl (C=O) groups excluding carboxylic acids is 2. The van der Waals surface area contributed by atoms with Gasteiger partial charge in [0.25, 0.3) is 11.6 Å². The third-order valence-corrected chi connectivity index (χ3v) is 6.67. The molecule has 0 aliphatic heterocycles. The molecule has 2 atom stereocenters. The molecule has 0 saturated carbocycles. The number of rotatable bonds is 8. The van der Waals surface area contributed by atoms with Gasteiger partial charge in [-0.1, -0.05) is 71.3 Å². The van der Waals surface area contributed by atoms with E-state index in [4.69, 9.17) is 11.6 Å². The second kappa shape index (κ2) is 10.8. The van der Waals surface area contributed by atoms with E-state index in [9.17, 15) is 19.7 Å². The highest BCUT2D eigenvalue weighted by atomic mass is 79.9. The molecule has 0 radical (unpaired) electrons. The fraction of sp³-hybridized carbons (Fsp3) is 0.238. The average molecular weight is 553 g/mol. The zero-order valence-corrected chi connectivity index (χ0v) is 20.7. The molecule has 2 amide bonds. The molecule has 3 rings (SSSR count). The Kier molecular flexibility index (Phi) is 8.11. The number of hydrogen-bond donors (Lipinski definition) is 2. The maximum Gasteiger partial charge on any atom is 0.288 e. The number of nitro benzene ring substituents is 1. The highest BCUT2D eigenvalue weighted by Crippen LogP contribution is 2.28. The van der Waals surface area contributed by atoms with Crippen molar-refractivity contribution in [3.8, 4) is 10.6 Å². The van der Waals surface area contributed by atoms with E-state index in [-0.39, 0.29) is 22.2 Å². The molecule has 0 unspecified atom stereocenters. The SMILES string of the molecule is CC[C@H](C)[C@H](NC(=O)c1ccc(Cl)c([N+](=O)[O-])c1)C(=O)Nc1nnc(-c2ccc(Br)cc2)s1. The van der Waals surface area contributed by atoms with E-state index >= 15 is 0 Å². The Hall–Kier alpha value is -2.89. The molecule has 0 bridgehead atoms. The van der Waals surface area contributed by atoms with E-state index in [1.165, 1.54) is 23.5 Å². The number of halogens is 2. The van der Waals surface area contributed by atoms with Gasteiger partial charge in [0.05, 0.1) is 4.92 Å². The predicted octanol–water partition coefficient (Wildman–Crippen LogP) is 5.31. The summed E-state index contributed by atoms with van der Waals surface area (Å²) in [4.78, 5) is 36.2. The molecule has 9 nitrogen and oxygen atoms in total. The van der Waals surface area contributed by atoms with Crippen LogP contribution < -0.4 is 10.6 Å². The topological polar surface area (TPSA) is 127 Å². The number of hydrogen-bond acceptors (Lipinski definition) is 7. The van der Waals surface area contributed by atoms with Gasteiger partial charge >= 0.3 is 0 Å². The first-order chi connectivity index (χ1) is 15.7. The summed E-state index contributed by atoms with van der Waals surface area (Å²) in [6.07, 6.45) is 0.611. The van der Waals surface area contributed by atoms with E-state index < -0.39 is 22.8 Å². The van der Waals surface area contributed by atoms with Gasteiger partial charge in [0.1, 0.15) is 16.1 Å². The summed E-state index contributed by atoms with van der Waals surface area (Å²) in [6.45, 7) is 3.71. The van der Waals surface area contributed by atoms with Crippen molar-refractivity contribution in [1.82, 2.24) is 15.5 Å². The second-order valence-corrected chi connectivity index (χ2v) is 9.47. The van der Waals surface area contributed by atoms with Crippen molar-refractivity contribution < 1.29 is 14.5 Å². The predicted molar refractivity (Wildman–Crippen MR) is 130 cm³/mol. The number of nitro groups is 1. The summed E-state index contributed by atoms with van der Waals surface area (Å²) < 4.78 is 0.933. The molecule has 0 fully saturated rings. The number of amides is 2. The Balaban J connectivity index is 1.76. The van der Waals surface area contributed by atoms with Crippen LogP contribution in [0, 0.1) is 16.0 Å². The van der Waals surface area contributed by atoms with Crippen molar-refractivity contribution in [1.29, 1.82) is 0 Å². The average Bonchev–Trinajstić information content (AvgIpc) is 3.25. The van der Waals surface area contributed by atoms with E-state index in [0.717, 1.165) is 16.1 Å². The Morgan fingerprint density at radius 3 is 2.55 bits per heavy atom. The fourth-order valence-electron chi connectivity index (χ4n) is 2.89. The van der Waals surface area contributed by atoms with Crippen LogP contribution >= 0.6 is 38.9 Å². The monoisotopic (exact) mass is 551 g/mol. The van der Waals surface area contributed by atoms with E-state index in [1.807, 2.05) is 38.1 Å². The maximum absolute atomic E-state index is 13.0. The summed E-state index contributed by atoms with van der Waals surface area (Å²) in [5.74, 6) is -1.29. The van der Waals surface area contributed by atoms with Crippen molar-refractivity contribution >= 4 is 61.5 Å². The number of nitrogens with zero attached hydrogens (tertiary/aromatic N) is 3. The minimum absolute atomic E-state index is 0.0284. The lowest BCUT2D eigenvalue weighted by Gasteiger charge is -2.23. The molecule has 12 heteroatoms. The Bertz CT molecular complexity index is 1190. The van der Waals surface area contributed by atoms with E-state index in [2.05, 4.69) is 36.8 Å². The van der Waals surface area contributed by atoms with Gasteiger partial charge in [-0.15, -0.1) is 10.2 Å². The maximum atomic E-state index is 13.0. The molecule has 2 aromatic carbocycles. The molecule has 3 aromatic rings. The van der Waals surface area contributed by atoms with Crippen LogP contribution in [0.25, 0.3) is 10.6 Å². The zero-order chi connectivity index (χ0) is 24.1. The van der Waals surface area contributed by atoms with Crippen LogP contribution in [-0.2, 0) is 4.79 Å². The van der Waals surface area contributed by atoms with Crippen molar-refractivity contribution in [2.24, 2.45) is 5.92 Å². The molecule has 0 saturated heterocycles. The normalized spacial score (nSPS) is 12.6. The molecule has 0 aliphatic carbocycles. The molecule has 0 spiro atoms. The van der Waals surface area contributed by atoms with Crippen LogP contribution in [0.4, 0.5) is 10.8 Å². The Morgan fingerprint density at radius 2 is 1.91 bits per heavy atom. The Labute approximate surface area is 206 Å².